The van der Waals surface area contributed by atoms with Crippen molar-refractivity contribution in [2.45, 2.75) is 51.4 Å². The fraction of sp³-hybridized carbons (Fsp3) is 0.429. The summed E-state index contributed by atoms with van der Waals surface area (Å²) in [6, 6.07) is 2.90. The number of allylic oxidation sites excluding steroid dienone is 1. The molecule has 12 nitrogen and oxygen atoms in total. The van der Waals surface area contributed by atoms with Crippen LogP contribution in [0.2, 0.25) is 0 Å². The van der Waals surface area contributed by atoms with Crippen LogP contribution in [0.1, 0.15) is 36.5 Å². The number of aromatic amines is 1. The molecule has 1 atom stereocenters. The number of anilines is 1. The van der Waals surface area contributed by atoms with Crippen LogP contribution in [0.3, 0.4) is 0 Å². The molecule has 3 aromatic rings. The van der Waals surface area contributed by atoms with Gasteiger partial charge < -0.3 is 29.4 Å². The highest BCUT2D eigenvalue weighted by Crippen LogP contribution is 2.25. The van der Waals surface area contributed by atoms with E-state index in [1.54, 1.807) is 21.0 Å². The number of likely N-dealkylation sites (N-methyl/N-ethyl adjacent to an activating group) is 1. The average molecular weight is 624 g/mol. The van der Waals surface area contributed by atoms with Crippen molar-refractivity contribution >= 4 is 34.6 Å². The molecule has 3 heterocycles. The average Bonchev–Trinajstić information content (AvgIpc) is 3.37. The highest BCUT2D eigenvalue weighted by molar-refractivity contribution is 5.95. The van der Waals surface area contributed by atoms with Crippen molar-refractivity contribution < 1.29 is 36.7 Å². The van der Waals surface area contributed by atoms with E-state index in [9.17, 15) is 36.7 Å². The topological polar surface area (TPSA) is 143 Å². The van der Waals surface area contributed by atoms with Crippen LogP contribution in [-0.4, -0.2) is 87.7 Å². The summed E-state index contributed by atoms with van der Waals surface area (Å²) >= 11 is 0. The Labute approximate surface area is 249 Å². The molecule has 0 saturated carbocycles. The molecule has 16 heteroatoms. The molecule has 0 aliphatic heterocycles. The van der Waals surface area contributed by atoms with Gasteiger partial charge in [0.05, 0.1) is 24.0 Å². The van der Waals surface area contributed by atoms with Crippen molar-refractivity contribution in [1.82, 2.24) is 29.3 Å². The fourth-order valence-electron chi connectivity index (χ4n) is 3.97. The van der Waals surface area contributed by atoms with Crippen molar-refractivity contribution in [3.8, 4) is 0 Å². The highest BCUT2D eigenvalue weighted by atomic mass is 19.4. The van der Waals surface area contributed by atoms with E-state index >= 15 is 0 Å². The number of nitrogens with zero attached hydrogens (tertiary/aromatic N) is 5. The second kappa shape index (κ2) is 14.1. The molecular weight excluding hydrogens is 590 g/mol. The zero-order valence-electron chi connectivity index (χ0n) is 24.8. The number of amides is 3. The maximum atomic E-state index is 14.4. The van der Waals surface area contributed by atoms with Crippen LogP contribution in [0.15, 0.2) is 35.3 Å². The summed E-state index contributed by atoms with van der Waals surface area (Å²) in [5, 5.41) is 2.48. The number of H-pyrrole nitrogens is 1. The second-order valence-corrected chi connectivity index (χ2v) is 10.3. The van der Waals surface area contributed by atoms with Crippen LogP contribution in [0, 0.1) is 12.7 Å². The van der Waals surface area contributed by atoms with E-state index in [0.29, 0.717) is 5.69 Å². The minimum absolute atomic E-state index is 0.00806. The Morgan fingerprint density at radius 2 is 1.86 bits per heavy atom. The number of carbonyl (C=O) groups excluding carboxylic acids is 3. The molecule has 44 heavy (non-hydrogen) atoms. The SMILES string of the molecule is Cc1ccc(NC(=O)[C@H](CC/C=C/C(=O)N(C)C)OC(=O)N(C)C)c(=O)n1Cc1nc2c(F)cnc(CCC(F)(F)F)c2[nH]1. The zero-order chi connectivity index (χ0) is 32.8. The molecule has 238 valence electrons. The lowest BCUT2D eigenvalue weighted by Crippen LogP contribution is -2.38. The van der Waals surface area contributed by atoms with Crippen molar-refractivity contribution in [3.05, 3.63) is 63.9 Å². The van der Waals surface area contributed by atoms with Crippen LogP contribution in [0.4, 0.5) is 28.0 Å². The molecule has 0 unspecified atom stereocenters. The van der Waals surface area contributed by atoms with Gasteiger partial charge >= 0.3 is 12.3 Å². The minimum atomic E-state index is -4.44. The number of fused-ring (bicyclic) bond motifs is 1. The molecule has 0 aliphatic carbocycles. The third kappa shape index (κ3) is 8.87. The van der Waals surface area contributed by atoms with E-state index in [4.69, 9.17) is 4.74 Å². The van der Waals surface area contributed by atoms with Gasteiger partial charge in [0, 0.05) is 46.7 Å². The van der Waals surface area contributed by atoms with E-state index in [1.165, 1.54) is 47.8 Å². The summed E-state index contributed by atoms with van der Waals surface area (Å²) in [7, 11) is 6.03. The Bertz CT molecular complexity index is 1610. The van der Waals surface area contributed by atoms with Crippen LogP contribution in [0.25, 0.3) is 11.0 Å². The first-order chi connectivity index (χ1) is 20.6. The predicted molar refractivity (Wildman–Crippen MR) is 152 cm³/mol. The molecule has 0 bridgehead atoms. The van der Waals surface area contributed by atoms with Gasteiger partial charge in [-0.3, -0.25) is 19.4 Å². The monoisotopic (exact) mass is 623 g/mol. The molecule has 3 aromatic heterocycles. The summed E-state index contributed by atoms with van der Waals surface area (Å²) in [5.41, 5.74) is -0.624. The first-order valence-electron chi connectivity index (χ1n) is 13.4. The molecule has 0 aliphatic rings. The Balaban J connectivity index is 1.84. The largest absolute Gasteiger partial charge is 0.436 e. The Kier molecular flexibility index (Phi) is 10.8. The zero-order valence-corrected chi connectivity index (χ0v) is 24.8. The number of aryl methyl sites for hydroxylation is 2. The second-order valence-electron chi connectivity index (χ2n) is 10.3. The van der Waals surface area contributed by atoms with Crippen LogP contribution >= 0.6 is 0 Å². The smallest absolute Gasteiger partial charge is 0.410 e. The van der Waals surface area contributed by atoms with Gasteiger partial charge in [-0.25, -0.2) is 14.2 Å². The molecule has 2 N–H and O–H groups in total. The van der Waals surface area contributed by atoms with Gasteiger partial charge in [0.1, 0.15) is 17.0 Å². The number of carbonyl (C=O) groups is 3. The van der Waals surface area contributed by atoms with Gasteiger partial charge in [0.2, 0.25) is 5.91 Å². The number of rotatable bonds is 11. The van der Waals surface area contributed by atoms with Crippen LogP contribution in [0.5, 0.6) is 0 Å². The van der Waals surface area contributed by atoms with Gasteiger partial charge in [-0.05, 0) is 38.0 Å². The molecule has 0 fully saturated rings. The van der Waals surface area contributed by atoms with E-state index in [0.717, 1.165) is 11.1 Å². The van der Waals surface area contributed by atoms with E-state index < -0.39 is 48.5 Å². The third-order valence-electron chi connectivity index (χ3n) is 6.40. The van der Waals surface area contributed by atoms with Crippen LogP contribution < -0.4 is 10.9 Å². The molecular formula is C28H33F4N7O5. The number of halogens is 4. The number of alkyl halides is 3. The first-order valence-corrected chi connectivity index (χ1v) is 13.4. The quantitative estimate of drug-likeness (QED) is 0.246. The Hall–Kier alpha value is -4.76. The van der Waals surface area contributed by atoms with Crippen molar-refractivity contribution in [1.29, 1.82) is 0 Å². The van der Waals surface area contributed by atoms with Crippen molar-refractivity contribution in [2.24, 2.45) is 0 Å². The van der Waals surface area contributed by atoms with Crippen molar-refractivity contribution in [3.63, 3.8) is 0 Å². The summed E-state index contributed by atoms with van der Waals surface area (Å²) in [4.78, 5) is 63.7. The number of hydrogen-bond donors (Lipinski definition) is 2. The number of pyridine rings is 2. The molecule has 0 saturated heterocycles. The standard InChI is InChI=1S/C28H33F4N7O5/c1-16-10-11-19(34-25(41)20(44-27(43)38(4)5)8-6-7-9-22(40)37(2)3)26(42)39(16)15-21-35-23-17(29)14-33-18(24(23)36-21)12-13-28(30,31)32/h7,9-11,14,20H,6,8,12-13,15H2,1-5H3,(H,34,41)(H,35,36)/b9-7+/t20-/m0/s1. The fourth-order valence-corrected chi connectivity index (χ4v) is 3.97. The number of aromatic nitrogens is 4. The van der Waals surface area contributed by atoms with Crippen LogP contribution in [-0.2, 0) is 27.3 Å². The lowest BCUT2D eigenvalue weighted by Gasteiger charge is -2.20. The molecule has 3 amide bonds. The lowest BCUT2D eigenvalue weighted by molar-refractivity contribution is -0.134. The summed E-state index contributed by atoms with van der Waals surface area (Å²) in [5.74, 6) is -1.82. The minimum Gasteiger partial charge on any atom is -0.436 e. The first kappa shape index (κ1) is 33.7. The third-order valence-corrected chi connectivity index (χ3v) is 6.40. The van der Waals surface area contributed by atoms with E-state index in [-0.39, 0.29) is 53.5 Å². The van der Waals surface area contributed by atoms with Gasteiger partial charge in [0.15, 0.2) is 11.9 Å². The number of imidazole rings is 1. The summed E-state index contributed by atoms with van der Waals surface area (Å²) in [6.07, 6.45) is -4.33. The van der Waals surface area contributed by atoms with Gasteiger partial charge in [-0.2, -0.15) is 13.2 Å². The van der Waals surface area contributed by atoms with Gasteiger partial charge in [0.25, 0.3) is 11.5 Å². The lowest BCUT2D eigenvalue weighted by atomic mass is 10.1. The normalized spacial score (nSPS) is 12.4. The Morgan fingerprint density at radius 3 is 2.50 bits per heavy atom. The Morgan fingerprint density at radius 1 is 1.16 bits per heavy atom. The van der Waals surface area contributed by atoms with Crippen molar-refractivity contribution in [2.75, 3.05) is 33.5 Å². The predicted octanol–water partition coefficient (Wildman–Crippen LogP) is 3.54. The number of ether oxygens (including phenoxy) is 1. The van der Waals surface area contributed by atoms with Gasteiger partial charge in [-0.15, -0.1) is 0 Å². The highest BCUT2D eigenvalue weighted by Gasteiger charge is 2.28. The molecule has 0 aromatic carbocycles. The summed E-state index contributed by atoms with van der Waals surface area (Å²) < 4.78 is 59.3. The van der Waals surface area contributed by atoms with E-state index in [2.05, 4.69) is 20.3 Å². The molecule has 0 radical (unpaired) electrons. The maximum Gasteiger partial charge on any atom is 0.410 e. The van der Waals surface area contributed by atoms with Gasteiger partial charge in [-0.1, -0.05) is 6.08 Å². The number of hydrogen-bond acceptors (Lipinski definition) is 7. The molecule has 3 rings (SSSR count). The maximum absolute atomic E-state index is 14.4. The van der Waals surface area contributed by atoms with E-state index in [1.807, 2.05) is 0 Å². The summed E-state index contributed by atoms with van der Waals surface area (Å²) in [6.45, 7) is 1.38. The number of nitrogens with one attached hydrogen (secondary N) is 2. The molecule has 0 spiro atoms.